The van der Waals surface area contributed by atoms with Crippen molar-refractivity contribution in [2.45, 2.75) is 52.4 Å². The molecule has 0 spiro atoms. The molecule has 1 atom stereocenters. The Morgan fingerprint density at radius 2 is 2.00 bits per heavy atom. The standard InChI is InChI=1S/C10H20O2/c1-3-9(2)7-5-4-6-8-10(11)12/h9H,3-8H2,1-2H3,(H,11,12)/t9-/m1/s1. The molecule has 0 radical (unpaired) electrons. The van der Waals surface area contributed by atoms with Crippen LogP contribution in [0.25, 0.3) is 0 Å². The van der Waals surface area contributed by atoms with Crippen molar-refractivity contribution in [2.24, 2.45) is 5.92 Å². The second kappa shape index (κ2) is 7.14. The summed E-state index contributed by atoms with van der Waals surface area (Å²) in [5.74, 6) is 0.133. The monoisotopic (exact) mass is 172 g/mol. The van der Waals surface area contributed by atoms with Crippen LogP contribution >= 0.6 is 0 Å². The fourth-order valence-corrected chi connectivity index (χ4v) is 1.15. The van der Waals surface area contributed by atoms with E-state index in [1.54, 1.807) is 0 Å². The van der Waals surface area contributed by atoms with Gasteiger partial charge in [0.1, 0.15) is 0 Å². The maximum atomic E-state index is 10.2. The van der Waals surface area contributed by atoms with Gasteiger partial charge in [0, 0.05) is 6.42 Å². The van der Waals surface area contributed by atoms with Crippen LogP contribution in [-0.4, -0.2) is 11.1 Å². The molecular formula is C10H20O2. The van der Waals surface area contributed by atoms with E-state index in [0.29, 0.717) is 6.42 Å². The summed E-state index contributed by atoms with van der Waals surface area (Å²) in [7, 11) is 0. The molecule has 0 aromatic rings. The average Bonchev–Trinajstić information content (AvgIpc) is 2.03. The predicted molar refractivity (Wildman–Crippen MR) is 50.2 cm³/mol. The zero-order valence-corrected chi connectivity index (χ0v) is 8.18. The van der Waals surface area contributed by atoms with Crippen LogP contribution in [0, 0.1) is 5.92 Å². The van der Waals surface area contributed by atoms with Crippen molar-refractivity contribution >= 4 is 5.97 Å². The number of carboxylic acid groups (broad SMARTS) is 1. The quantitative estimate of drug-likeness (QED) is 0.599. The van der Waals surface area contributed by atoms with Gasteiger partial charge >= 0.3 is 5.97 Å². The van der Waals surface area contributed by atoms with Crippen molar-refractivity contribution < 1.29 is 9.90 Å². The maximum absolute atomic E-state index is 10.2. The third-order valence-corrected chi connectivity index (χ3v) is 2.28. The third-order valence-electron chi connectivity index (χ3n) is 2.28. The minimum atomic E-state index is -0.668. The van der Waals surface area contributed by atoms with Gasteiger partial charge in [-0.1, -0.05) is 39.5 Å². The summed E-state index contributed by atoms with van der Waals surface area (Å²) in [6.45, 7) is 4.44. The molecule has 0 aliphatic heterocycles. The highest BCUT2D eigenvalue weighted by atomic mass is 16.4. The SMILES string of the molecule is CC[C@@H](C)CCCCCC(=O)O. The smallest absolute Gasteiger partial charge is 0.303 e. The summed E-state index contributed by atoms with van der Waals surface area (Å²) in [5, 5.41) is 8.37. The molecule has 0 aliphatic carbocycles. The Morgan fingerprint density at radius 3 is 2.50 bits per heavy atom. The molecule has 0 saturated heterocycles. The molecule has 0 aromatic heterocycles. The third kappa shape index (κ3) is 7.58. The van der Waals surface area contributed by atoms with E-state index in [0.717, 1.165) is 18.8 Å². The first kappa shape index (κ1) is 11.5. The van der Waals surface area contributed by atoms with Crippen LogP contribution in [0.4, 0.5) is 0 Å². The van der Waals surface area contributed by atoms with Crippen molar-refractivity contribution in [2.75, 3.05) is 0 Å². The highest BCUT2D eigenvalue weighted by molar-refractivity contribution is 5.66. The second-order valence-electron chi connectivity index (χ2n) is 3.51. The normalized spacial score (nSPS) is 12.8. The van der Waals surface area contributed by atoms with Crippen molar-refractivity contribution in [1.29, 1.82) is 0 Å². The molecule has 0 bridgehead atoms. The van der Waals surface area contributed by atoms with E-state index in [9.17, 15) is 4.79 Å². The van der Waals surface area contributed by atoms with Crippen molar-refractivity contribution in [1.82, 2.24) is 0 Å². The fraction of sp³-hybridized carbons (Fsp3) is 0.900. The van der Waals surface area contributed by atoms with E-state index in [-0.39, 0.29) is 0 Å². The molecule has 0 aliphatic rings. The van der Waals surface area contributed by atoms with Crippen LogP contribution in [0.15, 0.2) is 0 Å². The van der Waals surface area contributed by atoms with Gasteiger partial charge in [0.25, 0.3) is 0 Å². The highest BCUT2D eigenvalue weighted by Crippen LogP contribution is 2.12. The number of hydrogen-bond acceptors (Lipinski definition) is 1. The molecule has 0 fully saturated rings. The summed E-state index contributed by atoms with van der Waals surface area (Å²) in [5.41, 5.74) is 0. The van der Waals surface area contributed by atoms with Gasteiger partial charge in [0.05, 0.1) is 0 Å². The van der Waals surface area contributed by atoms with Crippen LogP contribution in [0.3, 0.4) is 0 Å². The van der Waals surface area contributed by atoms with Crippen LogP contribution in [0.5, 0.6) is 0 Å². The van der Waals surface area contributed by atoms with E-state index in [1.165, 1.54) is 19.3 Å². The molecule has 12 heavy (non-hydrogen) atoms. The van der Waals surface area contributed by atoms with E-state index in [1.807, 2.05) is 0 Å². The van der Waals surface area contributed by atoms with Crippen molar-refractivity contribution in [3.8, 4) is 0 Å². The van der Waals surface area contributed by atoms with Gasteiger partial charge in [-0.3, -0.25) is 4.79 Å². The molecule has 72 valence electrons. The lowest BCUT2D eigenvalue weighted by Crippen LogP contribution is -1.95. The lowest BCUT2D eigenvalue weighted by Gasteiger charge is -2.06. The summed E-state index contributed by atoms with van der Waals surface area (Å²) >= 11 is 0. The lowest BCUT2D eigenvalue weighted by atomic mass is 10.0. The van der Waals surface area contributed by atoms with E-state index >= 15 is 0 Å². The molecule has 0 saturated carbocycles. The highest BCUT2D eigenvalue weighted by Gasteiger charge is 1.99. The van der Waals surface area contributed by atoms with Crippen molar-refractivity contribution in [3.05, 3.63) is 0 Å². The zero-order valence-electron chi connectivity index (χ0n) is 8.18. The van der Waals surface area contributed by atoms with E-state index in [2.05, 4.69) is 13.8 Å². The van der Waals surface area contributed by atoms with Gasteiger partial charge in [-0.25, -0.2) is 0 Å². The Kier molecular flexibility index (Phi) is 6.82. The van der Waals surface area contributed by atoms with Gasteiger partial charge in [0.2, 0.25) is 0 Å². The summed E-state index contributed by atoms with van der Waals surface area (Å²) in [4.78, 5) is 10.2. The fourth-order valence-electron chi connectivity index (χ4n) is 1.15. The molecule has 0 rings (SSSR count). The first-order chi connectivity index (χ1) is 5.66. The molecule has 0 aromatic carbocycles. The lowest BCUT2D eigenvalue weighted by molar-refractivity contribution is -0.137. The van der Waals surface area contributed by atoms with Crippen LogP contribution in [0.1, 0.15) is 52.4 Å². The molecule has 0 unspecified atom stereocenters. The van der Waals surface area contributed by atoms with Gasteiger partial charge in [-0.15, -0.1) is 0 Å². The molecule has 2 heteroatoms. The number of hydrogen-bond donors (Lipinski definition) is 1. The summed E-state index contributed by atoms with van der Waals surface area (Å²) in [6, 6.07) is 0. The summed E-state index contributed by atoms with van der Waals surface area (Å²) in [6.07, 6.45) is 5.90. The van der Waals surface area contributed by atoms with Crippen LogP contribution in [-0.2, 0) is 4.79 Å². The summed E-state index contributed by atoms with van der Waals surface area (Å²) < 4.78 is 0. The number of rotatable bonds is 7. The predicted octanol–water partition coefficient (Wildman–Crippen LogP) is 3.07. The molecule has 0 heterocycles. The maximum Gasteiger partial charge on any atom is 0.303 e. The van der Waals surface area contributed by atoms with Gasteiger partial charge in [-0.05, 0) is 12.3 Å². The number of unbranched alkanes of at least 4 members (excludes halogenated alkanes) is 2. The Bertz CT molecular complexity index is 121. The first-order valence-corrected chi connectivity index (χ1v) is 4.88. The Labute approximate surface area is 75.0 Å². The van der Waals surface area contributed by atoms with E-state index < -0.39 is 5.97 Å². The molecule has 2 nitrogen and oxygen atoms in total. The van der Waals surface area contributed by atoms with Crippen LogP contribution in [0.2, 0.25) is 0 Å². The van der Waals surface area contributed by atoms with Crippen LogP contribution < -0.4 is 0 Å². The second-order valence-corrected chi connectivity index (χ2v) is 3.51. The van der Waals surface area contributed by atoms with Gasteiger partial charge < -0.3 is 5.11 Å². The van der Waals surface area contributed by atoms with Gasteiger partial charge in [0.15, 0.2) is 0 Å². The number of aliphatic carboxylic acids is 1. The molecular weight excluding hydrogens is 152 g/mol. The Morgan fingerprint density at radius 1 is 1.33 bits per heavy atom. The minimum absolute atomic E-state index is 0.334. The average molecular weight is 172 g/mol. The van der Waals surface area contributed by atoms with E-state index in [4.69, 9.17) is 5.11 Å². The van der Waals surface area contributed by atoms with Gasteiger partial charge in [-0.2, -0.15) is 0 Å². The first-order valence-electron chi connectivity index (χ1n) is 4.88. The Balaban J connectivity index is 3.05. The minimum Gasteiger partial charge on any atom is -0.481 e. The molecule has 1 N–H and O–H groups in total. The molecule has 0 amide bonds. The Hall–Kier alpha value is -0.530. The number of carboxylic acids is 1. The topological polar surface area (TPSA) is 37.3 Å². The van der Waals surface area contributed by atoms with Crippen molar-refractivity contribution in [3.63, 3.8) is 0 Å². The largest absolute Gasteiger partial charge is 0.481 e. The number of carbonyl (C=O) groups is 1. The zero-order chi connectivity index (χ0) is 9.40.